The molecule has 0 unspecified atom stereocenters. The molecule has 3 nitrogen and oxygen atoms in total. The van der Waals surface area contributed by atoms with Crippen molar-refractivity contribution in [2.24, 2.45) is 0 Å². The maximum Gasteiger partial charge on any atom is 0.140 e. The van der Waals surface area contributed by atoms with Crippen molar-refractivity contribution < 1.29 is 9.00 Å². The third kappa shape index (κ3) is 3.50. The maximum atomic E-state index is 11.8. The van der Waals surface area contributed by atoms with Gasteiger partial charge in [-0.15, -0.1) is 0 Å². The first-order chi connectivity index (χ1) is 6.31. The van der Waals surface area contributed by atoms with E-state index < -0.39 is 16.5 Å². The molecule has 0 aromatic carbocycles. The van der Waals surface area contributed by atoms with Crippen LogP contribution in [0.25, 0.3) is 0 Å². The Morgan fingerprint density at radius 1 is 1.21 bits per heavy atom. The second-order valence-corrected chi connectivity index (χ2v) is 6.43. The minimum Gasteiger partial charge on any atom is -0.301 e. The molecule has 0 saturated carbocycles. The number of hydrogen-bond acceptors (Lipinski definition) is 2. The number of carbonyl (C=O) groups is 1. The van der Waals surface area contributed by atoms with Crippen LogP contribution in [0.1, 0.15) is 47.5 Å². The fourth-order valence-corrected chi connectivity index (χ4v) is 1.93. The number of aldehydes is 1. The molecule has 0 aliphatic rings. The standard InChI is InChI=1S/C10H21NO2S/c1-6-10(7-2,8-12)11-14(13)9(3,4)5/h8,11H,6-7H2,1-5H3/t14-/m1/s1. The van der Waals surface area contributed by atoms with Crippen LogP contribution in [0.15, 0.2) is 0 Å². The lowest BCUT2D eigenvalue weighted by Gasteiger charge is -2.29. The first kappa shape index (κ1) is 13.8. The lowest BCUT2D eigenvalue weighted by molar-refractivity contribution is -0.112. The van der Waals surface area contributed by atoms with Crippen LogP contribution in [0.5, 0.6) is 0 Å². The zero-order valence-electron chi connectivity index (χ0n) is 9.72. The van der Waals surface area contributed by atoms with E-state index in [0.717, 1.165) is 6.29 Å². The first-order valence-corrected chi connectivity index (χ1v) is 6.12. The normalized spacial score (nSPS) is 15.2. The smallest absolute Gasteiger partial charge is 0.140 e. The van der Waals surface area contributed by atoms with Gasteiger partial charge >= 0.3 is 0 Å². The van der Waals surface area contributed by atoms with E-state index in [-0.39, 0.29) is 4.75 Å². The Balaban J connectivity index is 4.62. The fourth-order valence-electron chi connectivity index (χ4n) is 0.923. The molecule has 0 fully saturated rings. The topological polar surface area (TPSA) is 46.2 Å². The zero-order valence-corrected chi connectivity index (χ0v) is 10.5. The number of carbonyl (C=O) groups excluding carboxylic acids is 1. The summed E-state index contributed by atoms with van der Waals surface area (Å²) in [4.78, 5) is 11.0. The van der Waals surface area contributed by atoms with Crippen molar-refractivity contribution in [1.29, 1.82) is 0 Å². The average molecular weight is 219 g/mol. The van der Waals surface area contributed by atoms with Crippen molar-refractivity contribution in [3.8, 4) is 0 Å². The van der Waals surface area contributed by atoms with Crippen LogP contribution in [-0.4, -0.2) is 20.8 Å². The maximum absolute atomic E-state index is 11.8. The zero-order chi connectivity index (χ0) is 11.4. The Morgan fingerprint density at radius 2 is 1.64 bits per heavy atom. The SMILES string of the molecule is CCC(C=O)(CC)N[S@](=O)C(C)(C)C. The Morgan fingerprint density at radius 3 is 1.86 bits per heavy atom. The van der Waals surface area contributed by atoms with E-state index in [4.69, 9.17) is 0 Å². The van der Waals surface area contributed by atoms with E-state index in [1.165, 1.54) is 0 Å². The van der Waals surface area contributed by atoms with Crippen molar-refractivity contribution >= 4 is 17.3 Å². The highest BCUT2D eigenvalue weighted by Crippen LogP contribution is 2.17. The molecule has 0 amide bonds. The van der Waals surface area contributed by atoms with Gasteiger partial charge in [-0.3, -0.25) is 0 Å². The molecule has 0 aromatic heterocycles. The molecule has 4 heteroatoms. The summed E-state index contributed by atoms with van der Waals surface area (Å²) in [5.41, 5.74) is -0.627. The minimum atomic E-state index is -1.19. The lowest BCUT2D eigenvalue weighted by atomic mass is 9.97. The monoisotopic (exact) mass is 219 g/mol. The van der Waals surface area contributed by atoms with Crippen molar-refractivity contribution in [2.75, 3.05) is 0 Å². The predicted molar refractivity (Wildman–Crippen MR) is 60.4 cm³/mol. The Bertz CT molecular complexity index is 217. The van der Waals surface area contributed by atoms with Crippen LogP contribution in [0.3, 0.4) is 0 Å². The summed E-state index contributed by atoms with van der Waals surface area (Å²) < 4.78 is 14.4. The molecule has 1 atom stereocenters. The van der Waals surface area contributed by atoms with E-state index in [2.05, 4.69) is 4.72 Å². The summed E-state index contributed by atoms with van der Waals surface area (Å²) in [5, 5.41) is 0. The van der Waals surface area contributed by atoms with Crippen LogP contribution in [-0.2, 0) is 15.8 Å². The second-order valence-electron chi connectivity index (χ2n) is 4.46. The van der Waals surface area contributed by atoms with Crippen molar-refractivity contribution in [3.63, 3.8) is 0 Å². The van der Waals surface area contributed by atoms with Crippen molar-refractivity contribution in [1.82, 2.24) is 4.72 Å². The molecule has 84 valence electrons. The predicted octanol–water partition coefficient (Wildman–Crippen LogP) is 1.80. The summed E-state index contributed by atoms with van der Waals surface area (Å²) in [6.07, 6.45) is 2.19. The third-order valence-electron chi connectivity index (χ3n) is 2.34. The molecule has 0 rings (SSSR count). The number of rotatable bonds is 5. The number of nitrogens with one attached hydrogen (secondary N) is 1. The molecule has 0 heterocycles. The second kappa shape index (κ2) is 5.03. The highest BCUT2D eigenvalue weighted by Gasteiger charge is 2.31. The fraction of sp³-hybridized carbons (Fsp3) is 0.900. The Kier molecular flexibility index (Phi) is 4.95. The van der Waals surface area contributed by atoms with Gasteiger partial charge < -0.3 is 4.79 Å². The Hall–Kier alpha value is -0.220. The van der Waals surface area contributed by atoms with E-state index >= 15 is 0 Å². The van der Waals surface area contributed by atoms with Gasteiger partial charge in [0.1, 0.15) is 6.29 Å². The molecular weight excluding hydrogens is 198 g/mol. The molecule has 0 aliphatic carbocycles. The first-order valence-electron chi connectivity index (χ1n) is 4.97. The molecule has 1 N–H and O–H groups in total. The van der Waals surface area contributed by atoms with Gasteiger partial charge in [0.25, 0.3) is 0 Å². The quantitative estimate of drug-likeness (QED) is 0.717. The van der Waals surface area contributed by atoms with Crippen LogP contribution < -0.4 is 4.72 Å². The van der Waals surface area contributed by atoms with Crippen molar-refractivity contribution in [2.45, 2.75) is 57.7 Å². The molecule has 0 aliphatic heterocycles. The molecule has 0 aromatic rings. The summed E-state index contributed by atoms with van der Waals surface area (Å²) in [7, 11) is -1.19. The van der Waals surface area contributed by atoms with Crippen LogP contribution >= 0.6 is 0 Å². The van der Waals surface area contributed by atoms with E-state index in [1.807, 2.05) is 34.6 Å². The minimum absolute atomic E-state index is 0.335. The van der Waals surface area contributed by atoms with Gasteiger partial charge in [-0.05, 0) is 33.6 Å². The largest absolute Gasteiger partial charge is 0.301 e. The van der Waals surface area contributed by atoms with Gasteiger partial charge in [-0.2, -0.15) is 0 Å². The molecule has 0 saturated heterocycles. The summed E-state index contributed by atoms with van der Waals surface area (Å²) >= 11 is 0. The Labute approximate surface area is 89.2 Å². The molecule has 0 radical (unpaired) electrons. The van der Waals surface area contributed by atoms with Crippen molar-refractivity contribution in [3.05, 3.63) is 0 Å². The van der Waals surface area contributed by atoms with Crippen LogP contribution in [0.4, 0.5) is 0 Å². The van der Waals surface area contributed by atoms with Gasteiger partial charge in [-0.1, -0.05) is 13.8 Å². The highest BCUT2D eigenvalue weighted by atomic mass is 32.2. The van der Waals surface area contributed by atoms with Crippen LogP contribution in [0.2, 0.25) is 0 Å². The summed E-state index contributed by atoms with van der Waals surface area (Å²) in [6.45, 7) is 9.50. The summed E-state index contributed by atoms with van der Waals surface area (Å²) in [6, 6.07) is 0. The molecule has 0 bridgehead atoms. The van der Waals surface area contributed by atoms with Crippen LogP contribution in [0, 0.1) is 0 Å². The summed E-state index contributed by atoms with van der Waals surface area (Å²) in [5.74, 6) is 0. The van der Waals surface area contributed by atoms with Gasteiger partial charge in [0.15, 0.2) is 0 Å². The average Bonchev–Trinajstić information content (AvgIpc) is 2.12. The molecular formula is C10H21NO2S. The van der Waals surface area contributed by atoms with Gasteiger partial charge in [-0.25, -0.2) is 8.93 Å². The third-order valence-corrected chi connectivity index (χ3v) is 4.04. The molecule has 14 heavy (non-hydrogen) atoms. The van der Waals surface area contributed by atoms with E-state index in [1.54, 1.807) is 0 Å². The van der Waals surface area contributed by atoms with E-state index in [0.29, 0.717) is 12.8 Å². The van der Waals surface area contributed by atoms with Gasteiger partial charge in [0, 0.05) is 0 Å². The lowest BCUT2D eigenvalue weighted by Crippen LogP contribution is -2.50. The number of hydrogen-bond donors (Lipinski definition) is 1. The van der Waals surface area contributed by atoms with Gasteiger partial charge in [0.2, 0.25) is 0 Å². The highest BCUT2D eigenvalue weighted by molar-refractivity contribution is 7.84. The van der Waals surface area contributed by atoms with E-state index in [9.17, 15) is 9.00 Å². The molecule has 0 spiro atoms. The van der Waals surface area contributed by atoms with Gasteiger partial charge in [0.05, 0.1) is 21.3 Å².